The normalized spacial score (nSPS) is 10.0. The monoisotopic (exact) mass is 285 g/mol. The Hall–Kier alpha value is -2.49. The van der Waals surface area contributed by atoms with Gasteiger partial charge in [0.2, 0.25) is 0 Å². The molecule has 2 aromatic carbocycles. The van der Waals surface area contributed by atoms with Crippen molar-refractivity contribution in [3.8, 4) is 11.5 Å². The van der Waals surface area contributed by atoms with E-state index in [2.05, 4.69) is 0 Å². The van der Waals surface area contributed by atoms with Gasteiger partial charge in [0.15, 0.2) is 0 Å². The van der Waals surface area contributed by atoms with E-state index in [1.165, 1.54) is 0 Å². The topological polar surface area (TPSA) is 38.8 Å². The van der Waals surface area contributed by atoms with Gasteiger partial charge in [-0.2, -0.15) is 0 Å². The second-order valence-corrected chi connectivity index (χ2v) is 4.71. The number of rotatable bonds is 5. The molecule has 2 rings (SSSR count). The van der Waals surface area contributed by atoms with E-state index in [1.54, 1.807) is 38.3 Å². The molecule has 0 aromatic heterocycles. The summed E-state index contributed by atoms with van der Waals surface area (Å²) in [6.07, 6.45) is 0. The lowest BCUT2D eigenvalue weighted by atomic mass is 10.1. The molecule has 110 valence electrons. The Kier molecular flexibility index (Phi) is 4.82. The molecule has 0 saturated carbocycles. The van der Waals surface area contributed by atoms with E-state index >= 15 is 0 Å². The van der Waals surface area contributed by atoms with Crippen molar-refractivity contribution in [3.05, 3.63) is 59.7 Å². The summed E-state index contributed by atoms with van der Waals surface area (Å²) in [7, 11) is 4.99. The second-order valence-electron chi connectivity index (χ2n) is 4.71. The van der Waals surface area contributed by atoms with E-state index in [4.69, 9.17) is 9.47 Å². The van der Waals surface area contributed by atoms with Crippen molar-refractivity contribution in [2.45, 2.75) is 6.54 Å². The molecule has 0 radical (unpaired) electrons. The average molecular weight is 285 g/mol. The molecule has 0 aliphatic carbocycles. The van der Waals surface area contributed by atoms with Crippen LogP contribution in [0.2, 0.25) is 0 Å². The summed E-state index contributed by atoms with van der Waals surface area (Å²) in [5.74, 6) is 1.40. The Labute approximate surface area is 124 Å². The fourth-order valence-electron chi connectivity index (χ4n) is 2.14. The SMILES string of the molecule is COc1cccc(C(=O)N(C)Cc2ccccc2OC)c1. The lowest BCUT2D eigenvalue weighted by Gasteiger charge is -2.19. The predicted octanol–water partition coefficient (Wildman–Crippen LogP) is 2.98. The number of methoxy groups -OCH3 is 2. The first kappa shape index (κ1) is 14.9. The summed E-state index contributed by atoms with van der Waals surface area (Å²) in [5.41, 5.74) is 1.57. The molecule has 4 nitrogen and oxygen atoms in total. The van der Waals surface area contributed by atoms with Gasteiger partial charge in [-0.15, -0.1) is 0 Å². The van der Waals surface area contributed by atoms with Crippen molar-refractivity contribution in [2.24, 2.45) is 0 Å². The zero-order valence-electron chi connectivity index (χ0n) is 12.5. The van der Waals surface area contributed by atoms with E-state index in [0.29, 0.717) is 17.9 Å². The molecular formula is C17H19NO3. The standard InChI is InChI=1S/C17H19NO3/c1-18(12-14-7-4-5-10-16(14)21-3)17(19)13-8-6-9-15(11-13)20-2/h4-11H,12H2,1-3H3. The minimum atomic E-state index is -0.0557. The fraction of sp³-hybridized carbons (Fsp3) is 0.235. The predicted molar refractivity (Wildman–Crippen MR) is 81.8 cm³/mol. The van der Waals surface area contributed by atoms with Gasteiger partial charge < -0.3 is 14.4 Å². The quantitative estimate of drug-likeness (QED) is 0.847. The number of hydrogen-bond acceptors (Lipinski definition) is 3. The number of amides is 1. The van der Waals surface area contributed by atoms with Gasteiger partial charge in [-0.25, -0.2) is 0 Å². The van der Waals surface area contributed by atoms with Gasteiger partial charge in [0, 0.05) is 24.7 Å². The van der Waals surface area contributed by atoms with Crippen LogP contribution in [0.15, 0.2) is 48.5 Å². The Morgan fingerprint density at radius 1 is 1.05 bits per heavy atom. The maximum absolute atomic E-state index is 12.4. The maximum Gasteiger partial charge on any atom is 0.254 e. The zero-order valence-corrected chi connectivity index (χ0v) is 12.5. The van der Waals surface area contributed by atoms with Crippen LogP contribution in [0.4, 0.5) is 0 Å². The van der Waals surface area contributed by atoms with Gasteiger partial charge in [0.05, 0.1) is 14.2 Å². The first-order valence-corrected chi connectivity index (χ1v) is 6.67. The third-order valence-corrected chi connectivity index (χ3v) is 3.26. The highest BCUT2D eigenvalue weighted by molar-refractivity contribution is 5.94. The molecule has 2 aromatic rings. The molecule has 4 heteroatoms. The molecule has 21 heavy (non-hydrogen) atoms. The van der Waals surface area contributed by atoms with Gasteiger partial charge >= 0.3 is 0 Å². The number of benzene rings is 2. The summed E-state index contributed by atoms with van der Waals surface area (Å²) < 4.78 is 10.5. The van der Waals surface area contributed by atoms with E-state index in [9.17, 15) is 4.79 Å². The molecule has 0 saturated heterocycles. The molecule has 0 heterocycles. The third-order valence-electron chi connectivity index (χ3n) is 3.26. The lowest BCUT2D eigenvalue weighted by Crippen LogP contribution is -2.26. The molecule has 0 spiro atoms. The van der Waals surface area contributed by atoms with Crippen LogP contribution in [0.5, 0.6) is 11.5 Å². The smallest absolute Gasteiger partial charge is 0.254 e. The van der Waals surface area contributed by atoms with Gasteiger partial charge in [0.25, 0.3) is 5.91 Å². The van der Waals surface area contributed by atoms with Crippen LogP contribution in [-0.2, 0) is 6.54 Å². The largest absolute Gasteiger partial charge is 0.497 e. The van der Waals surface area contributed by atoms with Crippen LogP contribution >= 0.6 is 0 Å². The fourth-order valence-corrected chi connectivity index (χ4v) is 2.14. The van der Waals surface area contributed by atoms with Gasteiger partial charge in [-0.05, 0) is 24.3 Å². The van der Waals surface area contributed by atoms with Crippen LogP contribution in [-0.4, -0.2) is 32.1 Å². The maximum atomic E-state index is 12.4. The van der Waals surface area contributed by atoms with Crippen molar-refractivity contribution in [3.63, 3.8) is 0 Å². The highest BCUT2D eigenvalue weighted by atomic mass is 16.5. The Morgan fingerprint density at radius 3 is 2.52 bits per heavy atom. The Bertz CT molecular complexity index is 625. The van der Waals surface area contributed by atoms with E-state index in [0.717, 1.165) is 11.3 Å². The zero-order chi connectivity index (χ0) is 15.2. The minimum Gasteiger partial charge on any atom is -0.497 e. The van der Waals surface area contributed by atoms with Crippen LogP contribution in [0.3, 0.4) is 0 Å². The molecule has 0 fully saturated rings. The Balaban J connectivity index is 2.15. The summed E-state index contributed by atoms with van der Waals surface area (Å²) in [6.45, 7) is 0.486. The van der Waals surface area contributed by atoms with Crippen LogP contribution in [0, 0.1) is 0 Å². The molecule has 0 bridgehead atoms. The van der Waals surface area contributed by atoms with Crippen molar-refractivity contribution in [1.29, 1.82) is 0 Å². The molecule has 0 atom stereocenters. The molecule has 0 aliphatic rings. The molecular weight excluding hydrogens is 266 g/mol. The molecule has 0 aliphatic heterocycles. The summed E-state index contributed by atoms with van der Waals surface area (Å²) in [4.78, 5) is 14.1. The van der Waals surface area contributed by atoms with Crippen LogP contribution < -0.4 is 9.47 Å². The first-order valence-electron chi connectivity index (χ1n) is 6.67. The molecule has 0 unspecified atom stereocenters. The lowest BCUT2D eigenvalue weighted by molar-refractivity contribution is 0.0784. The van der Waals surface area contributed by atoms with Gasteiger partial charge in [-0.1, -0.05) is 24.3 Å². The van der Waals surface area contributed by atoms with E-state index in [1.807, 2.05) is 36.4 Å². The number of ether oxygens (including phenoxy) is 2. The first-order chi connectivity index (χ1) is 10.2. The van der Waals surface area contributed by atoms with E-state index < -0.39 is 0 Å². The average Bonchev–Trinajstić information content (AvgIpc) is 2.54. The molecule has 0 N–H and O–H groups in total. The summed E-state index contributed by atoms with van der Waals surface area (Å²) in [5, 5.41) is 0. The number of carbonyl (C=O) groups excluding carboxylic acids is 1. The Morgan fingerprint density at radius 2 is 1.81 bits per heavy atom. The number of para-hydroxylation sites is 1. The van der Waals surface area contributed by atoms with Gasteiger partial charge in [0.1, 0.15) is 11.5 Å². The summed E-state index contributed by atoms with van der Waals surface area (Å²) in [6, 6.07) is 14.8. The van der Waals surface area contributed by atoms with Crippen LogP contribution in [0.1, 0.15) is 15.9 Å². The van der Waals surface area contributed by atoms with Crippen molar-refractivity contribution >= 4 is 5.91 Å². The highest BCUT2D eigenvalue weighted by Crippen LogP contribution is 2.20. The number of nitrogens with zero attached hydrogens (tertiary/aromatic N) is 1. The van der Waals surface area contributed by atoms with Crippen LogP contribution in [0.25, 0.3) is 0 Å². The number of hydrogen-bond donors (Lipinski definition) is 0. The van der Waals surface area contributed by atoms with Gasteiger partial charge in [-0.3, -0.25) is 4.79 Å². The minimum absolute atomic E-state index is 0.0557. The second kappa shape index (κ2) is 6.79. The third kappa shape index (κ3) is 3.54. The van der Waals surface area contributed by atoms with Crippen molar-refractivity contribution in [2.75, 3.05) is 21.3 Å². The van der Waals surface area contributed by atoms with Crippen molar-refractivity contribution in [1.82, 2.24) is 4.90 Å². The molecule has 1 amide bonds. The van der Waals surface area contributed by atoms with Crippen molar-refractivity contribution < 1.29 is 14.3 Å². The number of carbonyl (C=O) groups is 1. The van der Waals surface area contributed by atoms with E-state index in [-0.39, 0.29) is 5.91 Å². The summed E-state index contributed by atoms with van der Waals surface area (Å²) >= 11 is 0. The highest BCUT2D eigenvalue weighted by Gasteiger charge is 2.14.